The van der Waals surface area contributed by atoms with Gasteiger partial charge >= 0.3 is 0 Å². The second kappa shape index (κ2) is 3.93. The van der Waals surface area contributed by atoms with Gasteiger partial charge in [0.15, 0.2) is 0 Å². The van der Waals surface area contributed by atoms with Gasteiger partial charge in [0.05, 0.1) is 0 Å². The van der Waals surface area contributed by atoms with Crippen molar-refractivity contribution in [3.63, 3.8) is 0 Å². The molecule has 0 N–H and O–H groups in total. The Bertz CT molecular complexity index is 390. The summed E-state index contributed by atoms with van der Waals surface area (Å²) in [5.41, 5.74) is 0.933. The SMILES string of the molecule is BrSc1nnc(-c2ccccc2)o1. The van der Waals surface area contributed by atoms with E-state index in [2.05, 4.69) is 25.0 Å². The molecule has 0 atom stereocenters. The summed E-state index contributed by atoms with van der Waals surface area (Å²) >= 11 is 3.16. The molecule has 13 heavy (non-hydrogen) atoms. The van der Waals surface area contributed by atoms with Gasteiger partial charge in [-0.1, -0.05) is 23.3 Å². The Morgan fingerprint density at radius 2 is 1.92 bits per heavy atom. The van der Waals surface area contributed by atoms with Crippen molar-refractivity contribution in [1.82, 2.24) is 10.2 Å². The van der Waals surface area contributed by atoms with Gasteiger partial charge in [0, 0.05) is 15.8 Å². The molecule has 0 saturated heterocycles. The lowest BCUT2D eigenvalue weighted by atomic mass is 10.2. The first kappa shape index (κ1) is 8.77. The molecule has 0 unspecified atom stereocenters. The molecule has 1 heterocycles. The van der Waals surface area contributed by atoms with Gasteiger partial charge < -0.3 is 4.42 Å². The zero-order chi connectivity index (χ0) is 9.10. The Morgan fingerprint density at radius 1 is 1.15 bits per heavy atom. The highest BCUT2D eigenvalue weighted by atomic mass is 79.9. The third kappa shape index (κ3) is 1.92. The molecule has 1 aromatic heterocycles. The maximum absolute atomic E-state index is 5.31. The Labute approximate surface area is 86.8 Å². The van der Waals surface area contributed by atoms with Crippen molar-refractivity contribution < 1.29 is 4.42 Å². The maximum Gasteiger partial charge on any atom is 0.288 e. The van der Waals surface area contributed by atoms with E-state index in [0.717, 1.165) is 5.56 Å². The van der Waals surface area contributed by atoms with Crippen LogP contribution in [0.5, 0.6) is 0 Å². The van der Waals surface area contributed by atoms with E-state index < -0.39 is 0 Å². The average Bonchev–Trinajstić information content (AvgIpc) is 2.67. The Hall–Kier alpha value is -0.810. The van der Waals surface area contributed by atoms with Crippen LogP contribution in [-0.4, -0.2) is 10.2 Å². The topological polar surface area (TPSA) is 38.9 Å². The Kier molecular flexibility index (Phi) is 2.65. The minimum atomic E-state index is 0.513. The first-order valence-corrected chi connectivity index (χ1v) is 6.23. The summed E-state index contributed by atoms with van der Waals surface area (Å²) in [7, 11) is 1.26. The molecule has 0 spiro atoms. The fraction of sp³-hybridized carbons (Fsp3) is 0. The fourth-order valence-corrected chi connectivity index (χ4v) is 1.51. The van der Waals surface area contributed by atoms with E-state index in [4.69, 9.17) is 4.42 Å². The molecule has 0 aliphatic carbocycles. The van der Waals surface area contributed by atoms with E-state index in [1.54, 1.807) is 0 Å². The number of benzene rings is 1. The third-order valence-corrected chi connectivity index (χ3v) is 2.62. The summed E-state index contributed by atoms with van der Waals surface area (Å²) in [5.74, 6) is 0.544. The monoisotopic (exact) mass is 256 g/mol. The van der Waals surface area contributed by atoms with Crippen LogP contribution in [-0.2, 0) is 0 Å². The zero-order valence-corrected chi connectivity index (χ0v) is 8.88. The van der Waals surface area contributed by atoms with Crippen molar-refractivity contribution in [3.05, 3.63) is 30.3 Å². The number of aromatic nitrogens is 2. The van der Waals surface area contributed by atoms with Crippen LogP contribution in [0.15, 0.2) is 40.0 Å². The van der Waals surface area contributed by atoms with E-state index in [9.17, 15) is 0 Å². The van der Waals surface area contributed by atoms with Crippen LogP contribution in [0.3, 0.4) is 0 Å². The van der Waals surface area contributed by atoms with E-state index in [0.29, 0.717) is 11.1 Å². The van der Waals surface area contributed by atoms with Crippen LogP contribution in [0.2, 0.25) is 0 Å². The molecule has 1 aromatic carbocycles. The second-order valence-electron chi connectivity index (χ2n) is 2.32. The van der Waals surface area contributed by atoms with E-state index in [1.165, 1.54) is 10.2 Å². The van der Waals surface area contributed by atoms with Gasteiger partial charge in [0.2, 0.25) is 5.89 Å². The summed E-state index contributed by atoms with van der Waals surface area (Å²) in [6.45, 7) is 0. The lowest BCUT2D eigenvalue weighted by Crippen LogP contribution is -1.75. The molecule has 3 nitrogen and oxygen atoms in total. The van der Waals surface area contributed by atoms with Crippen LogP contribution in [0.4, 0.5) is 0 Å². The second-order valence-corrected chi connectivity index (χ2v) is 3.79. The quantitative estimate of drug-likeness (QED) is 0.828. The molecular formula is C8H5BrN2OS. The van der Waals surface area contributed by atoms with Crippen molar-refractivity contribution in [2.45, 2.75) is 5.22 Å². The Balaban J connectivity index is 2.36. The minimum absolute atomic E-state index is 0.513. The molecule has 0 bridgehead atoms. The van der Waals surface area contributed by atoms with Crippen LogP contribution in [0.1, 0.15) is 0 Å². The first-order valence-electron chi connectivity index (χ1n) is 3.57. The summed E-state index contributed by atoms with van der Waals surface area (Å²) in [6.07, 6.45) is 0. The van der Waals surface area contributed by atoms with E-state index >= 15 is 0 Å². The predicted molar refractivity (Wildman–Crippen MR) is 54.5 cm³/mol. The normalized spacial score (nSPS) is 10.2. The number of hydrogen-bond donors (Lipinski definition) is 0. The van der Waals surface area contributed by atoms with Crippen LogP contribution < -0.4 is 0 Å². The van der Waals surface area contributed by atoms with Gasteiger partial charge in [-0.3, -0.25) is 0 Å². The standard InChI is InChI=1S/C8H5BrN2OS/c9-13-8-11-10-7(12-8)6-4-2-1-3-5-6/h1-5H. The number of nitrogens with zero attached hydrogens (tertiary/aromatic N) is 2. The fourth-order valence-electron chi connectivity index (χ4n) is 0.938. The smallest absolute Gasteiger partial charge is 0.288 e. The predicted octanol–water partition coefficient (Wildman–Crippen LogP) is 3.14. The Morgan fingerprint density at radius 3 is 2.54 bits per heavy atom. The van der Waals surface area contributed by atoms with Crippen LogP contribution >= 0.6 is 25.0 Å². The number of rotatable bonds is 2. The van der Waals surface area contributed by atoms with E-state index in [-0.39, 0.29) is 0 Å². The van der Waals surface area contributed by atoms with Gasteiger partial charge in [-0.15, -0.1) is 5.10 Å². The van der Waals surface area contributed by atoms with Gasteiger partial charge in [0.1, 0.15) is 0 Å². The lowest BCUT2D eigenvalue weighted by Gasteiger charge is -1.90. The minimum Gasteiger partial charge on any atom is -0.411 e. The van der Waals surface area contributed by atoms with Gasteiger partial charge in [-0.05, 0) is 26.9 Å². The molecule has 2 rings (SSSR count). The van der Waals surface area contributed by atoms with Crippen LogP contribution in [0.25, 0.3) is 11.5 Å². The highest BCUT2D eigenvalue weighted by Crippen LogP contribution is 2.26. The molecule has 0 amide bonds. The molecular weight excluding hydrogens is 252 g/mol. The number of hydrogen-bond acceptors (Lipinski definition) is 4. The first-order chi connectivity index (χ1) is 6.40. The highest BCUT2D eigenvalue weighted by molar-refractivity contribution is 9.50. The summed E-state index contributed by atoms with van der Waals surface area (Å²) < 4.78 is 5.31. The molecule has 0 radical (unpaired) electrons. The van der Waals surface area contributed by atoms with E-state index in [1.807, 2.05) is 30.3 Å². The third-order valence-electron chi connectivity index (χ3n) is 1.49. The molecule has 0 aliphatic rings. The van der Waals surface area contributed by atoms with Crippen molar-refractivity contribution >= 4 is 25.0 Å². The molecule has 0 saturated carbocycles. The number of halogens is 1. The van der Waals surface area contributed by atoms with Gasteiger partial charge in [-0.2, -0.15) is 0 Å². The molecule has 0 fully saturated rings. The zero-order valence-electron chi connectivity index (χ0n) is 6.48. The molecule has 2 aromatic rings. The molecule has 0 aliphatic heterocycles. The highest BCUT2D eigenvalue weighted by Gasteiger charge is 2.06. The van der Waals surface area contributed by atoms with Crippen molar-refractivity contribution in [2.75, 3.05) is 0 Å². The van der Waals surface area contributed by atoms with Crippen molar-refractivity contribution in [1.29, 1.82) is 0 Å². The van der Waals surface area contributed by atoms with Gasteiger partial charge in [-0.25, -0.2) is 0 Å². The largest absolute Gasteiger partial charge is 0.411 e. The summed E-state index contributed by atoms with van der Waals surface area (Å²) in [6, 6.07) is 9.66. The van der Waals surface area contributed by atoms with Crippen LogP contribution in [0, 0.1) is 0 Å². The maximum atomic E-state index is 5.31. The lowest BCUT2D eigenvalue weighted by molar-refractivity contribution is 0.467. The van der Waals surface area contributed by atoms with Crippen molar-refractivity contribution in [3.8, 4) is 11.5 Å². The average molecular weight is 257 g/mol. The molecule has 66 valence electrons. The van der Waals surface area contributed by atoms with Crippen molar-refractivity contribution in [2.24, 2.45) is 0 Å². The summed E-state index contributed by atoms with van der Waals surface area (Å²) in [4.78, 5) is 0. The molecule has 5 heteroatoms. The summed E-state index contributed by atoms with van der Waals surface area (Å²) in [5, 5.41) is 8.21. The van der Waals surface area contributed by atoms with Gasteiger partial charge in [0.25, 0.3) is 5.22 Å².